The highest BCUT2D eigenvalue weighted by atomic mass is 35.5. The minimum atomic E-state index is -0.132. The molecule has 2 aliphatic rings. The number of halogens is 1. The van der Waals surface area contributed by atoms with Gasteiger partial charge in [-0.05, 0) is 37.0 Å². The monoisotopic (exact) mass is 359 g/mol. The first-order valence-electron chi connectivity index (χ1n) is 8.86. The van der Waals surface area contributed by atoms with Gasteiger partial charge in [0.15, 0.2) is 5.69 Å². The molecule has 1 aromatic heterocycles. The van der Waals surface area contributed by atoms with Crippen molar-refractivity contribution >= 4 is 17.5 Å². The van der Waals surface area contributed by atoms with Gasteiger partial charge < -0.3 is 5.32 Å². The van der Waals surface area contributed by atoms with Crippen molar-refractivity contribution in [2.24, 2.45) is 0 Å². The van der Waals surface area contributed by atoms with Crippen LogP contribution in [-0.4, -0.2) is 44.9 Å². The predicted octanol–water partition coefficient (Wildman–Crippen LogP) is 2.83. The average molecular weight is 360 g/mol. The largest absolute Gasteiger partial charge is 0.345 e. The first-order valence-corrected chi connectivity index (χ1v) is 9.24. The fraction of sp³-hybridized carbons (Fsp3) is 0.500. The van der Waals surface area contributed by atoms with E-state index in [0.717, 1.165) is 37.4 Å². The molecule has 2 fully saturated rings. The zero-order valence-corrected chi connectivity index (χ0v) is 15.0. The highest BCUT2D eigenvalue weighted by Crippen LogP contribution is 2.33. The Hall–Kier alpha value is -1.92. The Kier molecular flexibility index (Phi) is 4.48. The number of hydrogen-bond donors (Lipinski definition) is 1. The fourth-order valence-corrected chi connectivity index (χ4v) is 3.63. The minimum absolute atomic E-state index is 0.132. The molecule has 25 heavy (non-hydrogen) atoms. The second-order valence-electron chi connectivity index (χ2n) is 6.92. The van der Waals surface area contributed by atoms with Crippen molar-refractivity contribution in [3.63, 3.8) is 0 Å². The van der Waals surface area contributed by atoms with Gasteiger partial charge in [0.2, 0.25) is 0 Å². The number of carbonyl (C=O) groups is 1. The third-order valence-corrected chi connectivity index (χ3v) is 5.20. The summed E-state index contributed by atoms with van der Waals surface area (Å²) >= 11 is 6.12. The Labute approximate surface area is 152 Å². The third kappa shape index (κ3) is 3.55. The molecule has 4 rings (SSSR count). The molecule has 1 saturated carbocycles. The lowest BCUT2D eigenvalue weighted by atomic mass is 9.97. The molecule has 1 aliphatic heterocycles. The zero-order chi connectivity index (χ0) is 17.4. The molecule has 0 unspecified atom stereocenters. The van der Waals surface area contributed by atoms with Crippen LogP contribution in [0, 0.1) is 0 Å². The number of carbonyl (C=O) groups excluding carboxylic acids is 1. The zero-order valence-electron chi connectivity index (χ0n) is 14.2. The number of hydrogen-bond acceptors (Lipinski definition) is 4. The van der Waals surface area contributed by atoms with Crippen LogP contribution in [0.1, 0.15) is 54.3 Å². The van der Waals surface area contributed by atoms with Crippen LogP contribution in [0.4, 0.5) is 0 Å². The molecule has 0 spiro atoms. The van der Waals surface area contributed by atoms with Crippen LogP contribution in [0.15, 0.2) is 30.5 Å². The molecular formula is C18H22ClN5O. The van der Waals surface area contributed by atoms with Crippen molar-refractivity contribution in [1.82, 2.24) is 25.2 Å². The van der Waals surface area contributed by atoms with Crippen LogP contribution in [0.2, 0.25) is 5.02 Å². The molecule has 0 radical (unpaired) electrons. The van der Waals surface area contributed by atoms with Gasteiger partial charge in [-0.3, -0.25) is 9.69 Å². The molecule has 1 saturated heterocycles. The van der Waals surface area contributed by atoms with Gasteiger partial charge in [0.25, 0.3) is 5.91 Å². The van der Waals surface area contributed by atoms with E-state index in [1.165, 1.54) is 5.56 Å². The summed E-state index contributed by atoms with van der Waals surface area (Å²) in [6.45, 7) is 3.86. The summed E-state index contributed by atoms with van der Waals surface area (Å²) in [5.41, 5.74) is 1.64. The van der Waals surface area contributed by atoms with Gasteiger partial charge in [-0.1, -0.05) is 35.9 Å². The highest BCUT2D eigenvalue weighted by molar-refractivity contribution is 6.30. The first kappa shape index (κ1) is 16.5. The fourth-order valence-electron chi connectivity index (χ4n) is 3.43. The quantitative estimate of drug-likeness (QED) is 0.861. The molecule has 1 aliphatic carbocycles. The molecule has 2 heterocycles. The average Bonchev–Trinajstić information content (AvgIpc) is 3.30. The predicted molar refractivity (Wildman–Crippen MR) is 95.6 cm³/mol. The van der Waals surface area contributed by atoms with E-state index >= 15 is 0 Å². The maximum Gasteiger partial charge on any atom is 0.273 e. The van der Waals surface area contributed by atoms with Crippen LogP contribution in [0.3, 0.4) is 0 Å². The van der Waals surface area contributed by atoms with Crippen molar-refractivity contribution in [2.75, 3.05) is 13.1 Å². The van der Waals surface area contributed by atoms with Crippen LogP contribution >= 0.6 is 11.6 Å². The maximum absolute atomic E-state index is 12.3. The SMILES string of the molecule is CC[C@@H](c1cccc(Cl)c1)N1CC(NC(=O)c2cn(C3CC3)nn2)C1. The van der Waals surface area contributed by atoms with Crippen LogP contribution in [0.5, 0.6) is 0 Å². The second kappa shape index (κ2) is 6.77. The molecule has 6 nitrogen and oxygen atoms in total. The van der Waals surface area contributed by atoms with Gasteiger partial charge in [-0.25, -0.2) is 4.68 Å². The van der Waals surface area contributed by atoms with Crippen molar-refractivity contribution in [2.45, 2.75) is 44.3 Å². The summed E-state index contributed by atoms with van der Waals surface area (Å²) in [7, 11) is 0. The number of nitrogens with zero attached hydrogens (tertiary/aromatic N) is 4. The van der Waals surface area contributed by atoms with E-state index in [1.54, 1.807) is 10.9 Å². The molecule has 1 aromatic carbocycles. The van der Waals surface area contributed by atoms with Gasteiger partial charge in [0.1, 0.15) is 0 Å². The highest BCUT2D eigenvalue weighted by Gasteiger charge is 2.34. The second-order valence-corrected chi connectivity index (χ2v) is 7.35. The summed E-state index contributed by atoms with van der Waals surface area (Å²) in [5, 5.41) is 11.8. The maximum atomic E-state index is 12.3. The lowest BCUT2D eigenvalue weighted by molar-refractivity contribution is 0.0615. The molecule has 7 heteroatoms. The molecule has 2 aromatic rings. The number of likely N-dealkylation sites (tertiary alicyclic amines) is 1. The molecular weight excluding hydrogens is 338 g/mol. The number of benzene rings is 1. The Morgan fingerprint density at radius 3 is 2.88 bits per heavy atom. The Bertz CT molecular complexity index is 766. The van der Waals surface area contributed by atoms with Crippen LogP contribution in [-0.2, 0) is 0 Å². The van der Waals surface area contributed by atoms with E-state index in [0.29, 0.717) is 17.8 Å². The lowest BCUT2D eigenvalue weighted by Crippen LogP contribution is -2.59. The van der Waals surface area contributed by atoms with Gasteiger partial charge in [-0.15, -0.1) is 5.10 Å². The van der Waals surface area contributed by atoms with Crippen molar-refractivity contribution in [1.29, 1.82) is 0 Å². The summed E-state index contributed by atoms with van der Waals surface area (Å²) < 4.78 is 1.80. The summed E-state index contributed by atoms with van der Waals surface area (Å²) in [6.07, 6.45) is 5.02. The van der Waals surface area contributed by atoms with Gasteiger partial charge >= 0.3 is 0 Å². The first-order chi connectivity index (χ1) is 12.1. The summed E-state index contributed by atoms with van der Waals surface area (Å²) in [5.74, 6) is -0.132. The van der Waals surface area contributed by atoms with E-state index in [2.05, 4.69) is 33.5 Å². The van der Waals surface area contributed by atoms with Gasteiger partial charge in [0.05, 0.1) is 18.3 Å². The normalized spacial score (nSPS) is 19.4. The Morgan fingerprint density at radius 2 is 2.20 bits per heavy atom. The molecule has 132 valence electrons. The van der Waals surface area contributed by atoms with E-state index in [1.807, 2.05) is 18.2 Å². The van der Waals surface area contributed by atoms with E-state index in [4.69, 9.17) is 11.6 Å². The Balaban J connectivity index is 1.32. The van der Waals surface area contributed by atoms with Gasteiger partial charge in [0, 0.05) is 24.2 Å². The molecule has 1 amide bonds. The number of amides is 1. The standard InChI is InChI=1S/C18H22ClN5O/c1-2-17(12-4-3-5-13(19)8-12)23-9-14(10-23)20-18(25)16-11-24(22-21-16)15-6-7-15/h3-5,8,11,14-15,17H,2,6-7,9-10H2,1H3,(H,20,25)/t17-/m0/s1. The van der Waals surface area contributed by atoms with Crippen LogP contribution in [0.25, 0.3) is 0 Å². The van der Waals surface area contributed by atoms with Crippen molar-refractivity contribution in [3.8, 4) is 0 Å². The smallest absolute Gasteiger partial charge is 0.273 e. The Morgan fingerprint density at radius 1 is 1.40 bits per heavy atom. The van der Waals surface area contributed by atoms with Gasteiger partial charge in [-0.2, -0.15) is 0 Å². The summed E-state index contributed by atoms with van der Waals surface area (Å²) in [6, 6.07) is 8.96. The molecule has 0 bridgehead atoms. The third-order valence-electron chi connectivity index (χ3n) is 4.97. The van der Waals surface area contributed by atoms with Crippen molar-refractivity contribution in [3.05, 3.63) is 46.7 Å². The number of nitrogens with one attached hydrogen (secondary N) is 1. The van der Waals surface area contributed by atoms with Crippen molar-refractivity contribution < 1.29 is 4.79 Å². The summed E-state index contributed by atoms with van der Waals surface area (Å²) in [4.78, 5) is 14.7. The van der Waals surface area contributed by atoms with E-state index < -0.39 is 0 Å². The topological polar surface area (TPSA) is 63.1 Å². The molecule has 1 N–H and O–H groups in total. The minimum Gasteiger partial charge on any atom is -0.345 e. The number of rotatable bonds is 6. The van der Waals surface area contributed by atoms with Crippen LogP contribution < -0.4 is 5.32 Å². The van der Waals surface area contributed by atoms with E-state index in [-0.39, 0.29) is 11.9 Å². The van der Waals surface area contributed by atoms with E-state index in [9.17, 15) is 4.79 Å². The number of aromatic nitrogens is 3. The lowest BCUT2D eigenvalue weighted by Gasteiger charge is -2.44. The molecule has 1 atom stereocenters.